The normalized spacial score (nSPS) is 17.5. The van der Waals surface area contributed by atoms with Gasteiger partial charge in [-0.2, -0.15) is 0 Å². The molecule has 0 bridgehead atoms. The molecule has 1 aliphatic rings. The van der Waals surface area contributed by atoms with Crippen molar-refractivity contribution in [2.75, 3.05) is 18.0 Å². The molecule has 1 aromatic heterocycles. The van der Waals surface area contributed by atoms with E-state index in [1.807, 2.05) is 29.6 Å². The van der Waals surface area contributed by atoms with Crippen LogP contribution in [0.4, 0.5) is 10.5 Å². The van der Waals surface area contributed by atoms with Gasteiger partial charge in [-0.3, -0.25) is 4.90 Å². The van der Waals surface area contributed by atoms with E-state index in [1.54, 1.807) is 16.2 Å². The smallest absolute Gasteiger partial charge is 0.414 e. The van der Waals surface area contributed by atoms with Gasteiger partial charge in [0.15, 0.2) is 0 Å². The minimum atomic E-state index is -0.396. The van der Waals surface area contributed by atoms with Gasteiger partial charge in [0.25, 0.3) is 0 Å². The number of carbonyl (C=O) groups is 1. The number of hydrogen-bond donors (Lipinski definition) is 0. The topological polar surface area (TPSA) is 78.3 Å². The Kier molecular flexibility index (Phi) is 4.34. The van der Waals surface area contributed by atoms with Crippen molar-refractivity contribution in [3.63, 3.8) is 0 Å². The zero-order chi connectivity index (χ0) is 13.2. The highest BCUT2D eigenvalue weighted by atomic mass is 35.5. The molecule has 1 amide bonds. The van der Waals surface area contributed by atoms with Crippen molar-refractivity contribution in [3.05, 3.63) is 40.1 Å². The van der Waals surface area contributed by atoms with E-state index < -0.39 is 6.09 Å². The monoisotopic (exact) mass is 310 g/mol. The van der Waals surface area contributed by atoms with Crippen LogP contribution in [-0.2, 0) is 4.74 Å². The van der Waals surface area contributed by atoms with E-state index in [4.69, 9.17) is 10.3 Å². The fourth-order valence-electron chi connectivity index (χ4n) is 2.08. The first-order chi connectivity index (χ1) is 9.28. The predicted molar refractivity (Wildman–Crippen MR) is 80.7 cm³/mol. The zero-order valence-corrected chi connectivity index (χ0v) is 11.9. The van der Waals surface area contributed by atoms with Crippen LogP contribution in [0.1, 0.15) is 0 Å². The molecule has 0 saturated carbocycles. The van der Waals surface area contributed by atoms with Gasteiger partial charge in [-0.1, -0.05) is 5.11 Å². The summed E-state index contributed by atoms with van der Waals surface area (Å²) >= 11 is 1.66. The molecule has 3 rings (SSSR count). The van der Waals surface area contributed by atoms with Crippen LogP contribution in [0.3, 0.4) is 0 Å². The summed E-state index contributed by atoms with van der Waals surface area (Å²) in [6.07, 6.45) is -0.769. The molecular weight excluding hydrogens is 300 g/mol. The third kappa shape index (κ3) is 2.65. The van der Waals surface area contributed by atoms with Crippen LogP contribution in [0.2, 0.25) is 0 Å². The fraction of sp³-hybridized carbons (Fsp3) is 0.250. The third-order valence-electron chi connectivity index (χ3n) is 2.97. The van der Waals surface area contributed by atoms with Gasteiger partial charge in [0, 0.05) is 15.3 Å². The lowest BCUT2D eigenvalue weighted by Gasteiger charge is -2.12. The fourth-order valence-corrected chi connectivity index (χ4v) is 2.85. The second-order valence-corrected chi connectivity index (χ2v) is 5.12. The number of hydrogen-bond acceptors (Lipinski definition) is 4. The van der Waals surface area contributed by atoms with Crippen molar-refractivity contribution in [3.8, 4) is 0 Å². The SMILES string of the molecule is Cl.[N-]=[N+]=NC[C@H]1CN(c2ccc3sccc3c2)C(=O)O1. The number of azide groups is 1. The number of halogens is 1. The number of ether oxygens (including phenoxy) is 1. The highest BCUT2D eigenvalue weighted by Crippen LogP contribution is 2.28. The van der Waals surface area contributed by atoms with E-state index in [0.717, 1.165) is 11.1 Å². The van der Waals surface area contributed by atoms with Crippen molar-refractivity contribution in [2.24, 2.45) is 5.11 Å². The van der Waals surface area contributed by atoms with Crippen LogP contribution >= 0.6 is 23.7 Å². The first-order valence-electron chi connectivity index (χ1n) is 5.74. The summed E-state index contributed by atoms with van der Waals surface area (Å²) in [5, 5.41) is 6.56. The second-order valence-electron chi connectivity index (χ2n) is 4.17. The number of fused-ring (bicyclic) bond motifs is 1. The molecule has 104 valence electrons. The minimum Gasteiger partial charge on any atom is -0.444 e. The number of carbonyl (C=O) groups excluding carboxylic acids is 1. The van der Waals surface area contributed by atoms with Crippen LogP contribution in [0.25, 0.3) is 20.5 Å². The number of anilines is 1. The van der Waals surface area contributed by atoms with E-state index in [2.05, 4.69) is 10.0 Å². The van der Waals surface area contributed by atoms with Crippen molar-refractivity contribution < 1.29 is 9.53 Å². The highest BCUT2D eigenvalue weighted by molar-refractivity contribution is 7.17. The number of benzene rings is 1. The number of thiophene rings is 1. The van der Waals surface area contributed by atoms with Crippen molar-refractivity contribution in [2.45, 2.75) is 6.10 Å². The molecule has 1 atom stereocenters. The van der Waals surface area contributed by atoms with Gasteiger partial charge >= 0.3 is 6.09 Å². The molecular formula is C12H11ClN4O2S. The Balaban J connectivity index is 0.00000147. The average molecular weight is 311 g/mol. The van der Waals surface area contributed by atoms with Crippen molar-refractivity contribution >= 4 is 45.6 Å². The standard InChI is InChI=1S/C12H10N4O2S.ClH/c13-15-14-6-10-7-16(12(17)18-10)9-1-2-11-8(5-9)3-4-19-11;/h1-5,10H,6-7H2;1H/t10-;/m0./s1. The highest BCUT2D eigenvalue weighted by Gasteiger charge is 2.31. The van der Waals surface area contributed by atoms with Gasteiger partial charge in [-0.05, 0) is 40.6 Å². The van der Waals surface area contributed by atoms with Crippen LogP contribution in [0, 0.1) is 0 Å². The van der Waals surface area contributed by atoms with Crippen molar-refractivity contribution in [1.82, 2.24) is 0 Å². The van der Waals surface area contributed by atoms with Crippen LogP contribution in [0.15, 0.2) is 34.8 Å². The quantitative estimate of drug-likeness (QED) is 0.488. The van der Waals surface area contributed by atoms with Crippen molar-refractivity contribution in [1.29, 1.82) is 0 Å². The molecule has 20 heavy (non-hydrogen) atoms. The molecule has 1 saturated heterocycles. The molecule has 2 heterocycles. The maximum atomic E-state index is 11.8. The van der Waals surface area contributed by atoms with Gasteiger partial charge in [0.2, 0.25) is 0 Å². The summed E-state index contributed by atoms with van der Waals surface area (Å²) in [5.41, 5.74) is 9.08. The number of cyclic esters (lactones) is 1. The average Bonchev–Trinajstić information content (AvgIpc) is 3.01. The Bertz CT molecular complexity index is 683. The Morgan fingerprint density at radius 2 is 2.35 bits per heavy atom. The number of rotatable bonds is 3. The maximum absolute atomic E-state index is 11.8. The van der Waals surface area contributed by atoms with Crippen LogP contribution in [0.5, 0.6) is 0 Å². The van der Waals surface area contributed by atoms with Crippen LogP contribution < -0.4 is 4.90 Å². The summed E-state index contributed by atoms with van der Waals surface area (Å²) in [6, 6.07) is 7.87. The van der Waals surface area contributed by atoms with Gasteiger partial charge < -0.3 is 4.74 Å². The van der Waals surface area contributed by atoms with E-state index >= 15 is 0 Å². The summed E-state index contributed by atoms with van der Waals surface area (Å²) in [6.45, 7) is 0.576. The van der Waals surface area contributed by atoms with Gasteiger partial charge in [-0.25, -0.2) is 4.79 Å². The first kappa shape index (κ1) is 14.5. The van der Waals surface area contributed by atoms with Gasteiger partial charge in [0.05, 0.1) is 13.1 Å². The molecule has 1 fully saturated rings. The molecule has 0 aliphatic carbocycles. The molecule has 1 aliphatic heterocycles. The summed E-state index contributed by atoms with van der Waals surface area (Å²) in [5.74, 6) is 0. The molecule has 0 spiro atoms. The Morgan fingerprint density at radius 3 is 3.15 bits per heavy atom. The predicted octanol–water partition coefficient (Wildman–Crippen LogP) is 3.96. The minimum absolute atomic E-state index is 0. The summed E-state index contributed by atoms with van der Waals surface area (Å²) in [7, 11) is 0. The van der Waals surface area contributed by atoms with Gasteiger partial charge in [-0.15, -0.1) is 23.7 Å². The largest absolute Gasteiger partial charge is 0.444 e. The lowest BCUT2D eigenvalue weighted by atomic mass is 10.2. The molecule has 1 aromatic carbocycles. The summed E-state index contributed by atoms with van der Waals surface area (Å²) in [4.78, 5) is 16.0. The summed E-state index contributed by atoms with van der Waals surface area (Å²) < 4.78 is 6.33. The molecule has 0 radical (unpaired) electrons. The molecule has 2 aromatic rings. The second kappa shape index (κ2) is 6.00. The van der Waals surface area contributed by atoms with E-state index in [9.17, 15) is 4.79 Å². The first-order valence-corrected chi connectivity index (χ1v) is 6.62. The van der Waals surface area contributed by atoms with E-state index in [1.165, 1.54) is 4.70 Å². The van der Waals surface area contributed by atoms with E-state index in [-0.39, 0.29) is 25.1 Å². The third-order valence-corrected chi connectivity index (χ3v) is 3.87. The lowest BCUT2D eigenvalue weighted by molar-refractivity contribution is 0.145. The van der Waals surface area contributed by atoms with Crippen LogP contribution in [-0.4, -0.2) is 25.3 Å². The Labute approximate surface area is 125 Å². The van der Waals surface area contributed by atoms with E-state index in [0.29, 0.717) is 6.54 Å². The molecule has 6 nitrogen and oxygen atoms in total. The molecule has 8 heteroatoms. The maximum Gasteiger partial charge on any atom is 0.414 e. The lowest BCUT2D eigenvalue weighted by Crippen LogP contribution is -2.24. The number of nitrogens with zero attached hydrogens (tertiary/aromatic N) is 4. The Morgan fingerprint density at radius 1 is 1.50 bits per heavy atom. The zero-order valence-electron chi connectivity index (χ0n) is 10.3. The van der Waals surface area contributed by atoms with Gasteiger partial charge in [0.1, 0.15) is 6.10 Å². The Hall–Kier alpha value is -1.95. The number of amides is 1. The molecule has 0 N–H and O–H groups in total. The molecule has 0 unspecified atom stereocenters.